The summed E-state index contributed by atoms with van der Waals surface area (Å²) in [4.78, 5) is 14.0. The summed E-state index contributed by atoms with van der Waals surface area (Å²) in [7, 11) is -3.18. The molecule has 0 radical (unpaired) electrons. The number of nitrogens with zero attached hydrogens (tertiary/aromatic N) is 2. The fourth-order valence-electron chi connectivity index (χ4n) is 3.50. The van der Waals surface area contributed by atoms with Gasteiger partial charge in [0.25, 0.3) is 0 Å². The highest BCUT2D eigenvalue weighted by molar-refractivity contribution is 7.90. The van der Waals surface area contributed by atoms with Crippen LogP contribution in [0.4, 0.5) is 0 Å². The Morgan fingerprint density at radius 3 is 2.36 bits per heavy atom. The fourth-order valence-corrected chi connectivity index (χ4v) is 5.76. The molecule has 6 heteroatoms. The molecule has 0 saturated carbocycles. The molecule has 0 unspecified atom stereocenters. The van der Waals surface area contributed by atoms with Crippen LogP contribution in [0.15, 0.2) is 0 Å². The molecule has 0 aromatic heterocycles. The zero-order valence-corrected chi connectivity index (χ0v) is 15.1. The predicted molar refractivity (Wildman–Crippen MR) is 87.9 cm³/mol. The summed E-state index contributed by atoms with van der Waals surface area (Å²) in [5.41, 5.74) is 0. The summed E-state index contributed by atoms with van der Waals surface area (Å²) in [6, 6.07) is 0. The number of hydrogen-bond donors (Lipinski definition) is 0. The molecule has 2 heterocycles. The number of rotatable bonds is 4. The number of likely N-dealkylation sites (tertiary alicyclic amines) is 1. The number of hydrogen-bond acceptors (Lipinski definition) is 3. The molecule has 0 spiro atoms. The minimum Gasteiger partial charge on any atom is -0.342 e. The van der Waals surface area contributed by atoms with Crippen LogP contribution in [-0.4, -0.2) is 55.0 Å². The molecule has 0 aromatic rings. The maximum Gasteiger partial charge on any atom is 0.225 e. The van der Waals surface area contributed by atoms with Gasteiger partial charge in [-0.15, -0.1) is 0 Å². The van der Waals surface area contributed by atoms with Crippen molar-refractivity contribution >= 4 is 15.9 Å². The molecule has 5 nitrogen and oxygen atoms in total. The van der Waals surface area contributed by atoms with Gasteiger partial charge >= 0.3 is 0 Å². The number of amides is 1. The Morgan fingerprint density at radius 1 is 1.14 bits per heavy atom. The van der Waals surface area contributed by atoms with Crippen molar-refractivity contribution in [2.75, 3.05) is 26.2 Å². The van der Waals surface area contributed by atoms with Crippen LogP contribution >= 0.6 is 0 Å². The Morgan fingerprint density at radius 2 is 1.77 bits per heavy atom. The maximum absolute atomic E-state index is 12.7. The third-order valence-electron chi connectivity index (χ3n) is 4.92. The molecule has 0 aliphatic carbocycles. The average Bonchev–Trinajstić information content (AvgIpc) is 2.58. The zero-order valence-electron chi connectivity index (χ0n) is 14.3. The molecule has 22 heavy (non-hydrogen) atoms. The van der Waals surface area contributed by atoms with E-state index in [-0.39, 0.29) is 23.0 Å². The van der Waals surface area contributed by atoms with Crippen molar-refractivity contribution in [1.29, 1.82) is 0 Å². The first-order valence-corrected chi connectivity index (χ1v) is 10.0. The third kappa shape index (κ3) is 3.65. The molecule has 1 amide bonds. The fraction of sp³-hybridized carbons (Fsp3) is 0.938. The van der Waals surface area contributed by atoms with Gasteiger partial charge in [-0.1, -0.05) is 27.7 Å². The van der Waals surface area contributed by atoms with Crippen LogP contribution in [-0.2, 0) is 14.8 Å². The predicted octanol–water partition coefficient (Wildman–Crippen LogP) is 1.94. The van der Waals surface area contributed by atoms with Gasteiger partial charge in [0.15, 0.2) is 0 Å². The molecule has 2 aliphatic heterocycles. The molecule has 2 rings (SSSR count). The molecule has 2 aliphatic rings. The molecule has 0 bridgehead atoms. The Labute approximate surface area is 135 Å². The Balaban J connectivity index is 2.04. The standard InChI is InChI=1S/C16H30N2O3S/c1-12(2)5-10-18-11-14-6-8-17(16(19)13(3)4)9-7-15(14)22(18,20)21/h12-15H,5-11H2,1-4H3/t14-,15-/m1/s1. The zero-order chi connectivity index (χ0) is 16.5. The molecular formula is C16H30N2O3S. The van der Waals surface area contributed by atoms with Gasteiger partial charge in [-0.3, -0.25) is 4.79 Å². The summed E-state index contributed by atoms with van der Waals surface area (Å²) >= 11 is 0. The van der Waals surface area contributed by atoms with Gasteiger partial charge in [-0.05, 0) is 31.1 Å². The molecule has 0 N–H and O–H groups in total. The second-order valence-electron chi connectivity index (χ2n) is 7.44. The minimum absolute atomic E-state index is 0.0166. The highest BCUT2D eigenvalue weighted by Gasteiger charge is 2.46. The Bertz CT molecular complexity index is 502. The van der Waals surface area contributed by atoms with Crippen LogP contribution in [0.3, 0.4) is 0 Å². The molecule has 128 valence electrons. The number of fused-ring (bicyclic) bond motifs is 1. The van der Waals surface area contributed by atoms with E-state index in [1.165, 1.54) is 0 Å². The van der Waals surface area contributed by atoms with E-state index in [0.29, 0.717) is 38.5 Å². The van der Waals surface area contributed by atoms with Gasteiger partial charge in [-0.25, -0.2) is 12.7 Å². The van der Waals surface area contributed by atoms with E-state index in [1.807, 2.05) is 18.7 Å². The Kier molecular flexibility index (Phi) is 5.54. The van der Waals surface area contributed by atoms with Crippen molar-refractivity contribution in [2.24, 2.45) is 17.8 Å². The van der Waals surface area contributed by atoms with Crippen LogP contribution in [0.1, 0.15) is 47.0 Å². The summed E-state index contributed by atoms with van der Waals surface area (Å²) in [5.74, 6) is 0.827. The first-order chi connectivity index (χ1) is 10.2. The third-order valence-corrected chi connectivity index (χ3v) is 7.36. The topological polar surface area (TPSA) is 57.7 Å². The molecule has 2 fully saturated rings. The van der Waals surface area contributed by atoms with Gasteiger partial charge in [0, 0.05) is 32.1 Å². The second kappa shape index (κ2) is 6.87. The maximum atomic E-state index is 12.7. The number of sulfonamides is 1. The lowest BCUT2D eigenvalue weighted by molar-refractivity contribution is -0.134. The first-order valence-electron chi connectivity index (χ1n) is 8.51. The van der Waals surface area contributed by atoms with E-state index < -0.39 is 10.0 Å². The van der Waals surface area contributed by atoms with Crippen LogP contribution < -0.4 is 0 Å². The van der Waals surface area contributed by atoms with Crippen molar-refractivity contribution in [3.63, 3.8) is 0 Å². The van der Waals surface area contributed by atoms with Crippen molar-refractivity contribution in [3.8, 4) is 0 Å². The first kappa shape index (κ1) is 17.7. The van der Waals surface area contributed by atoms with Crippen molar-refractivity contribution in [2.45, 2.75) is 52.2 Å². The van der Waals surface area contributed by atoms with E-state index in [2.05, 4.69) is 13.8 Å². The van der Waals surface area contributed by atoms with Gasteiger partial charge < -0.3 is 4.90 Å². The normalized spacial score (nSPS) is 28.9. The van der Waals surface area contributed by atoms with Gasteiger partial charge in [0.05, 0.1) is 5.25 Å². The second-order valence-corrected chi connectivity index (χ2v) is 9.59. The van der Waals surface area contributed by atoms with Gasteiger partial charge in [-0.2, -0.15) is 0 Å². The lowest BCUT2D eigenvalue weighted by atomic mass is 10.0. The molecule has 0 aromatic carbocycles. The summed E-state index contributed by atoms with van der Waals surface area (Å²) in [6.45, 7) is 10.6. The van der Waals surface area contributed by atoms with E-state index in [4.69, 9.17) is 0 Å². The molecule has 2 saturated heterocycles. The molecular weight excluding hydrogens is 300 g/mol. The SMILES string of the molecule is CC(C)CCN1C[C@H]2CCN(C(=O)C(C)C)CC[C@H]2S1(=O)=O. The summed E-state index contributed by atoms with van der Waals surface area (Å²) in [5, 5.41) is -0.287. The highest BCUT2D eigenvalue weighted by Crippen LogP contribution is 2.34. The van der Waals surface area contributed by atoms with Crippen LogP contribution in [0.5, 0.6) is 0 Å². The van der Waals surface area contributed by atoms with E-state index in [9.17, 15) is 13.2 Å². The Hall–Kier alpha value is -0.620. The van der Waals surface area contributed by atoms with Gasteiger partial charge in [0.1, 0.15) is 0 Å². The largest absolute Gasteiger partial charge is 0.342 e. The minimum atomic E-state index is -3.18. The quantitative estimate of drug-likeness (QED) is 0.791. The average molecular weight is 330 g/mol. The van der Waals surface area contributed by atoms with Crippen LogP contribution in [0, 0.1) is 17.8 Å². The number of carbonyl (C=O) groups excluding carboxylic acids is 1. The lowest BCUT2D eigenvalue weighted by Gasteiger charge is -2.24. The van der Waals surface area contributed by atoms with Crippen molar-refractivity contribution < 1.29 is 13.2 Å². The smallest absolute Gasteiger partial charge is 0.225 e. The molecule has 2 atom stereocenters. The van der Waals surface area contributed by atoms with Crippen LogP contribution in [0.2, 0.25) is 0 Å². The van der Waals surface area contributed by atoms with Gasteiger partial charge in [0.2, 0.25) is 15.9 Å². The van der Waals surface area contributed by atoms with Crippen LogP contribution in [0.25, 0.3) is 0 Å². The lowest BCUT2D eigenvalue weighted by Crippen LogP contribution is -2.37. The van der Waals surface area contributed by atoms with E-state index in [1.54, 1.807) is 4.31 Å². The summed E-state index contributed by atoms with van der Waals surface area (Å²) < 4.78 is 27.1. The number of carbonyl (C=O) groups is 1. The van der Waals surface area contributed by atoms with E-state index >= 15 is 0 Å². The van der Waals surface area contributed by atoms with Crippen molar-refractivity contribution in [1.82, 2.24) is 9.21 Å². The van der Waals surface area contributed by atoms with E-state index in [0.717, 1.165) is 12.8 Å². The highest BCUT2D eigenvalue weighted by atomic mass is 32.2. The monoisotopic (exact) mass is 330 g/mol. The van der Waals surface area contributed by atoms with Crippen molar-refractivity contribution in [3.05, 3.63) is 0 Å². The summed E-state index contributed by atoms with van der Waals surface area (Å²) in [6.07, 6.45) is 2.31.